The Balaban J connectivity index is 1.31. The Labute approximate surface area is 165 Å². The van der Waals surface area contributed by atoms with E-state index in [1.165, 1.54) is 18.2 Å². The van der Waals surface area contributed by atoms with Crippen molar-refractivity contribution in [3.8, 4) is 0 Å². The Morgan fingerprint density at radius 1 is 1.07 bits per heavy atom. The molecule has 144 valence electrons. The van der Waals surface area contributed by atoms with Gasteiger partial charge in [0.2, 0.25) is 0 Å². The van der Waals surface area contributed by atoms with E-state index >= 15 is 0 Å². The number of carbonyl (C=O) groups is 1. The van der Waals surface area contributed by atoms with E-state index < -0.39 is 5.82 Å². The fourth-order valence-electron chi connectivity index (χ4n) is 3.53. The molecule has 0 N–H and O–H groups in total. The lowest BCUT2D eigenvalue weighted by atomic mass is 10.1. The Hall–Kier alpha value is -2.74. The number of piperazine rings is 1. The number of amides is 1. The third kappa shape index (κ3) is 3.07. The van der Waals surface area contributed by atoms with Crippen LogP contribution in [0.15, 0.2) is 30.3 Å². The Morgan fingerprint density at radius 2 is 1.86 bits per heavy atom. The van der Waals surface area contributed by atoms with Gasteiger partial charge in [0.25, 0.3) is 5.91 Å². The molecule has 3 heterocycles. The Kier molecular flexibility index (Phi) is 4.16. The lowest BCUT2D eigenvalue weighted by molar-refractivity contribution is 0.0742. The number of hydrogen-bond acceptors (Lipinski definition) is 5. The van der Waals surface area contributed by atoms with E-state index in [1.807, 2.05) is 16.6 Å². The number of rotatable bonds is 3. The summed E-state index contributed by atoms with van der Waals surface area (Å²) in [6.45, 7) is 2.25. The zero-order valence-electron chi connectivity index (χ0n) is 15.1. The van der Waals surface area contributed by atoms with Crippen LogP contribution in [0.3, 0.4) is 0 Å². The van der Waals surface area contributed by atoms with Gasteiger partial charge in [-0.2, -0.15) is 4.52 Å². The van der Waals surface area contributed by atoms with Crippen LogP contribution < -0.4 is 4.90 Å². The molecule has 3 aromatic rings. The standard InChI is InChI=1S/C19H18ClFN6O/c20-13-3-4-14(15(21)11-13)19(28)26-9-7-25(8-10-26)17-6-5-16-22-23-18(12-1-2-12)27(16)24-17/h3-6,11-12H,1-2,7-10H2. The Morgan fingerprint density at radius 3 is 2.57 bits per heavy atom. The SMILES string of the molecule is O=C(c1ccc(Cl)cc1F)N1CCN(c2ccc3nnc(C4CC4)n3n2)CC1. The van der Waals surface area contributed by atoms with Crippen molar-refractivity contribution in [2.45, 2.75) is 18.8 Å². The quantitative estimate of drug-likeness (QED) is 0.676. The lowest BCUT2D eigenvalue weighted by Crippen LogP contribution is -2.49. The van der Waals surface area contributed by atoms with E-state index in [2.05, 4.69) is 15.1 Å². The van der Waals surface area contributed by atoms with Gasteiger partial charge in [-0.25, -0.2) is 4.39 Å². The molecular formula is C19H18ClFN6O. The molecule has 0 atom stereocenters. The van der Waals surface area contributed by atoms with E-state index in [4.69, 9.17) is 16.7 Å². The van der Waals surface area contributed by atoms with Crippen LogP contribution >= 0.6 is 11.6 Å². The average molecular weight is 401 g/mol. The minimum absolute atomic E-state index is 0.0518. The summed E-state index contributed by atoms with van der Waals surface area (Å²) in [5, 5.41) is 13.4. The second-order valence-electron chi connectivity index (χ2n) is 7.20. The highest BCUT2D eigenvalue weighted by Gasteiger charge is 2.30. The maximum absolute atomic E-state index is 14.1. The number of benzene rings is 1. The normalized spacial score (nSPS) is 17.4. The lowest BCUT2D eigenvalue weighted by Gasteiger charge is -2.35. The molecule has 1 aliphatic carbocycles. The molecule has 0 unspecified atom stereocenters. The highest BCUT2D eigenvalue weighted by molar-refractivity contribution is 6.30. The molecule has 2 aromatic heterocycles. The van der Waals surface area contributed by atoms with Crippen molar-refractivity contribution in [3.63, 3.8) is 0 Å². The van der Waals surface area contributed by atoms with E-state index in [1.54, 1.807) is 4.90 Å². The third-order valence-electron chi connectivity index (χ3n) is 5.27. The fourth-order valence-corrected chi connectivity index (χ4v) is 3.69. The largest absolute Gasteiger partial charge is 0.352 e. The summed E-state index contributed by atoms with van der Waals surface area (Å²) in [5.41, 5.74) is 0.800. The predicted octanol–water partition coefficient (Wildman–Crippen LogP) is 2.76. The van der Waals surface area contributed by atoms with Crippen LogP contribution in [-0.4, -0.2) is 56.8 Å². The fraction of sp³-hybridized carbons (Fsp3) is 0.368. The number of nitrogens with zero attached hydrogens (tertiary/aromatic N) is 6. The van der Waals surface area contributed by atoms with Gasteiger partial charge < -0.3 is 9.80 Å². The van der Waals surface area contributed by atoms with Gasteiger partial charge in [0.1, 0.15) is 11.6 Å². The van der Waals surface area contributed by atoms with E-state index in [0.29, 0.717) is 32.1 Å². The van der Waals surface area contributed by atoms with Crippen LogP contribution in [0.5, 0.6) is 0 Å². The second-order valence-corrected chi connectivity index (χ2v) is 7.63. The van der Waals surface area contributed by atoms with Gasteiger partial charge in [-0.15, -0.1) is 15.3 Å². The topological polar surface area (TPSA) is 66.6 Å². The first-order valence-electron chi connectivity index (χ1n) is 9.32. The van der Waals surface area contributed by atoms with Crippen LogP contribution in [0.25, 0.3) is 5.65 Å². The summed E-state index contributed by atoms with van der Waals surface area (Å²) in [4.78, 5) is 16.4. The molecule has 1 saturated carbocycles. The first kappa shape index (κ1) is 17.4. The molecule has 1 aliphatic heterocycles. The van der Waals surface area contributed by atoms with Gasteiger partial charge in [0, 0.05) is 37.1 Å². The number of carbonyl (C=O) groups excluding carboxylic acids is 1. The van der Waals surface area contributed by atoms with Crippen LogP contribution in [0.4, 0.5) is 10.2 Å². The van der Waals surface area contributed by atoms with Crippen molar-refractivity contribution >= 4 is 29.0 Å². The molecule has 7 nitrogen and oxygen atoms in total. The molecule has 0 spiro atoms. The summed E-state index contributed by atoms with van der Waals surface area (Å²) in [6, 6.07) is 7.98. The van der Waals surface area contributed by atoms with Crippen LogP contribution in [0, 0.1) is 5.82 Å². The summed E-state index contributed by atoms with van der Waals surface area (Å²) in [7, 11) is 0. The number of aromatic nitrogens is 4. The van der Waals surface area contributed by atoms with Crippen LogP contribution in [-0.2, 0) is 0 Å². The summed E-state index contributed by atoms with van der Waals surface area (Å²) in [6.07, 6.45) is 2.27. The van der Waals surface area contributed by atoms with Crippen LogP contribution in [0.2, 0.25) is 5.02 Å². The van der Waals surface area contributed by atoms with Crippen molar-refractivity contribution in [3.05, 3.63) is 52.6 Å². The molecule has 0 bridgehead atoms. The molecule has 1 saturated heterocycles. The van der Waals surface area contributed by atoms with Crippen molar-refractivity contribution < 1.29 is 9.18 Å². The highest BCUT2D eigenvalue weighted by Crippen LogP contribution is 2.38. The zero-order chi connectivity index (χ0) is 19.3. The zero-order valence-corrected chi connectivity index (χ0v) is 15.8. The van der Waals surface area contributed by atoms with Gasteiger partial charge in [0.05, 0.1) is 5.56 Å². The van der Waals surface area contributed by atoms with Crippen molar-refractivity contribution in [1.82, 2.24) is 24.7 Å². The van der Waals surface area contributed by atoms with Gasteiger partial charge in [-0.1, -0.05) is 11.6 Å². The molecule has 28 heavy (non-hydrogen) atoms. The third-order valence-corrected chi connectivity index (χ3v) is 5.50. The summed E-state index contributed by atoms with van der Waals surface area (Å²) >= 11 is 5.77. The van der Waals surface area contributed by atoms with Gasteiger partial charge in [-0.05, 0) is 43.2 Å². The Bertz CT molecular complexity index is 1060. The summed E-state index contributed by atoms with van der Waals surface area (Å²) < 4.78 is 15.9. The average Bonchev–Trinajstić information content (AvgIpc) is 3.46. The molecule has 1 amide bonds. The van der Waals surface area contributed by atoms with Crippen molar-refractivity contribution in [1.29, 1.82) is 0 Å². The molecule has 0 radical (unpaired) electrons. The van der Waals surface area contributed by atoms with Crippen molar-refractivity contribution in [2.75, 3.05) is 31.1 Å². The first-order chi connectivity index (χ1) is 13.6. The maximum Gasteiger partial charge on any atom is 0.256 e. The molecule has 9 heteroatoms. The minimum Gasteiger partial charge on any atom is -0.352 e. The van der Waals surface area contributed by atoms with Crippen LogP contribution in [0.1, 0.15) is 34.9 Å². The number of fused-ring (bicyclic) bond motifs is 1. The molecule has 2 fully saturated rings. The van der Waals surface area contributed by atoms with Crippen molar-refractivity contribution in [2.24, 2.45) is 0 Å². The molecule has 1 aromatic carbocycles. The monoisotopic (exact) mass is 400 g/mol. The van der Waals surface area contributed by atoms with Gasteiger partial charge in [0.15, 0.2) is 11.5 Å². The first-order valence-corrected chi connectivity index (χ1v) is 9.69. The van der Waals surface area contributed by atoms with E-state index in [-0.39, 0.29) is 16.5 Å². The maximum atomic E-state index is 14.1. The highest BCUT2D eigenvalue weighted by atomic mass is 35.5. The molecular weight excluding hydrogens is 383 g/mol. The smallest absolute Gasteiger partial charge is 0.256 e. The predicted molar refractivity (Wildman–Crippen MR) is 102 cm³/mol. The number of halogens is 2. The molecule has 5 rings (SSSR count). The number of hydrogen-bond donors (Lipinski definition) is 0. The van der Waals surface area contributed by atoms with E-state index in [0.717, 1.165) is 30.1 Å². The summed E-state index contributed by atoms with van der Waals surface area (Å²) in [5.74, 6) is 1.31. The second kappa shape index (κ2) is 6.70. The van der Waals surface area contributed by atoms with Gasteiger partial charge >= 0.3 is 0 Å². The van der Waals surface area contributed by atoms with E-state index in [9.17, 15) is 9.18 Å². The minimum atomic E-state index is -0.590. The molecule has 2 aliphatic rings. The number of anilines is 1. The van der Waals surface area contributed by atoms with Gasteiger partial charge in [-0.3, -0.25) is 4.79 Å².